The summed E-state index contributed by atoms with van der Waals surface area (Å²) in [5.41, 5.74) is 1.27. The molecule has 5 nitrogen and oxygen atoms in total. The van der Waals surface area contributed by atoms with Gasteiger partial charge in [0.05, 0.1) is 16.6 Å². The van der Waals surface area contributed by atoms with Crippen molar-refractivity contribution in [3.63, 3.8) is 0 Å². The number of unbranched alkanes of at least 4 members (excludes halogenated alkanes) is 2. The Morgan fingerprint density at radius 1 is 1.13 bits per heavy atom. The third kappa shape index (κ3) is 5.86. The number of para-hydroxylation sites is 1. The predicted octanol–water partition coefficient (Wildman–Crippen LogP) is 5.22. The number of amides is 1. The molecule has 0 radical (unpaired) electrons. The van der Waals surface area contributed by atoms with Gasteiger partial charge in [-0.2, -0.15) is 0 Å². The Labute approximate surface area is 185 Å². The van der Waals surface area contributed by atoms with E-state index in [1.54, 1.807) is 22.8 Å². The van der Waals surface area contributed by atoms with Crippen LogP contribution in [0.1, 0.15) is 39.0 Å². The van der Waals surface area contributed by atoms with Crippen LogP contribution in [0.3, 0.4) is 0 Å². The molecule has 1 aromatic heterocycles. The number of halogens is 1. The molecular weight excluding hydrogens is 418 g/mol. The van der Waals surface area contributed by atoms with Gasteiger partial charge in [-0.15, -0.1) is 0 Å². The lowest BCUT2D eigenvalue weighted by Crippen LogP contribution is -2.23. The van der Waals surface area contributed by atoms with Crippen LogP contribution in [0.5, 0.6) is 0 Å². The van der Waals surface area contributed by atoms with E-state index in [1.807, 2.05) is 30.3 Å². The molecule has 1 heterocycles. The molecule has 0 aliphatic carbocycles. The van der Waals surface area contributed by atoms with Crippen molar-refractivity contribution in [2.24, 2.45) is 0 Å². The van der Waals surface area contributed by atoms with E-state index in [-0.39, 0.29) is 11.5 Å². The average molecular weight is 444 g/mol. The Morgan fingerprint density at radius 2 is 1.97 bits per heavy atom. The Kier molecular flexibility index (Phi) is 8.34. The number of nitrogens with zero attached hydrogens (tertiary/aromatic N) is 2. The van der Waals surface area contributed by atoms with Crippen molar-refractivity contribution in [2.75, 3.05) is 12.3 Å². The predicted molar refractivity (Wildman–Crippen MR) is 125 cm³/mol. The number of thioether (sulfide) groups is 1. The molecule has 30 heavy (non-hydrogen) atoms. The lowest BCUT2D eigenvalue weighted by Gasteiger charge is -2.13. The number of aromatic nitrogens is 2. The molecule has 158 valence electrons. The normalized spacial score (nSPS) is 11.0. The van der Waals surface area contributed by atoms with Gasteiger partial charge in [-0.3, -0.25) is 14.2 Å². The van der Waals surface area contributed by atoms with Crippen LogP contribution in [0.2, 0.25) is 5.02 Å². The van der Waals surface area contributed by atoms with Crippen molar-refractivity contribution in [3.05, 3.63) is 63.9 Å². The maximum Gasteiger partial charge on any atom is 0.266 e. The number of benzene rings is 2. The first kappa shape index (κ1) is 22.4. The van der Waals surface area contributed by atoms with Crippen LogP contribution < -0.4 is 10.9 Å². The molecule has 7 heteroatoms. The summed E-state index contributed by atoms with van der Waals surface area (Å²) in [7, 11) is 0. The van der Waals surface area contributed by atoms with E-state index >= 15 is 0 Å². The highest BCUT2D eigenvalue weighted by Crippen LogP contribution is 2.23. The number of hydrogen-bond acceptors (Lipinski definition) is 4. The van der Waals surface area contributed by atoms with Crippen molar-refractivity contribution >= 4 is 40.2 Å². The number of fused-ring (bicyclic) bond motifs is 1. The summed E-state index contributed by atoms with van der Waals surface area (Å²) in [4.78, 5) is 29.7. The molecule has 0 saturated carbocycles. The van der Waals surface area contributed by atoms with E-state index < -0.39 is 0 Å². The largest absolute Gasteiger partial charge is 0.356 e. The summed E-state index contributed by atoms with van der Waals surface area (Å²) < 4.78 is 1.62. The van der Waals surface area contributed by atoms with E-state index in [0.717, 1.165) is 38.0 Å². The third-order valence-electron chi connectivity index (χ3n) is 4.69. The Bertz CT molecular complexity index is 1070. The number of nitrogens with one attached hydrogen (secondary N) is 1. The van der Waals surface area contributed by atoms with Crippen molar-refractivity contribution in [2.45, 2.75) is 44.2 Å². The zero-order valence-electron chi connectivity index (χ0n) is 17.1. The average Bonchev–Trinajstić information content (AvgIpc) is 2.74. The van der Waals surface area contributed by atoms with Gasteiger partial charge in [-0.25, -0.2) is 4.98 Å². The van der Waals surface area contributed by atoms with Gasteiger partial charge >= 0.3 is 0 Å². The topological polar surface area (TPSA) is 64.0 Å². The molecule has 0 bridgehead atoms. The van der Waals surface area contributed by atoms with Gasteiger partial charge in [-0.1, -0.05) is 54.9 Å². The zero-order valence-corrected chi connectivity index (χ0v) is 18.6. The third-order valence-corrected chi connectivity index (χ3v) is 5.95. The fourth-order valence-corrected chi connectivity index (χ4v) is 4.29. The quantitative estimate of drug-likeness (QED) is 0.265. The zero-order chi connectivity index (χ0) is 21.3. The highest BCUT2D eigenvalue weighted by molar-refractivity contribution is 7.99. The van der Waals surface area contributed by atoms with E-state index in [1.165, 1.54) is 11.8 Å². The molecule has 0 spiro atoms. The van der Waals surface area contributed by atoms with Crippen LogP contribution in [0, 0.1) is 0 Å². The number of hydrogen-bond donors (Lipinski definition) is 1. The van der Waals surface area contributed by atoms with Gasteiger partial charge in [0.1, 0.15) is 0 Å². The highest BCUT2D eigenvalue weighted by Gasteiger charge is 2.13. The Hall–Kier alpha value is -2.31. The molecule has 1 amide bonds. The minimum Gasteiger partial charge on any atom is -0.356 e. The molecule has 0 saturated heterocycles. The second-order valence-electron chi connectivity index (χ2n) is 7.04. The van der Waals surface area contributed by atoms with Crippen molar-refractivity contribution < 1.29 is 4.79 Å². The molecule has 0 fully saturated rings. The van der Waals surface area contributed by atoms with Crippen molar-refractivity contribution in [1.29, 1.82) is 0 Å². The highest BCUT2D eigenvalue weighted by atomic mass is 35.5. The van der Waals surface area contributed by atoms with E-state index in [0.29, 0.717) is 33.2 Å². The first-order chi connectivity index (χ1) is 14.6. The molecule has 3 aromatic rings. The van der Waals surface area contributed by atoms with Crippen LogP contribution >= 0.6 is 23.4 Å². The summed E-state index contributed by atoms with van der Waals surface area (Å²) >= 11 is 7.68. The molecule has 3 rings (SSSR count). The number of carbonyl (C=O) groups excluding carboxylic acids is 1. The minimum atomic E-state index is -0.110. The first-order valence-corrected chi connectivity index (χ1v) is 11.6. The smallest absolute Gasteiger partial charge is 0.266 e. The van der Waals surface area contributed by atoms with E-state index in [4.69, 9.17) is 16.6 Å². The molecule has 0 unspecified atom stereocenters. The number of carbonyl (C=O) groups is 1. The fourth-order valence-electron chi connectivity index (χ4n) is 3.10. The summed E-state index contributed by atoms with van der Waals surface area (Å²) in [6.45, 7) is 2.85. The fraction of sp³-hybridized carbons (Fsp3) is 0.348. The van der Waals surface area contributed by atoms with E-state index in [9.17, 15) is 9.59 Å². The second-order valence-corrected chi connectivity index (χ2v) is 8.54. The number of rotatable bonds is 10. The van der Waals surface area contributed by atoms with Gasteiger partial charge in [-0.05, 0) is 49.6 Å². The Morgan fingerprint density at radius 3 is 2.77 bits per heavy atom. The first-order valence-electron chi connectivity index (χ1n) is 10.3. The van der Waals surface area contributed by atoms with Crippen LogP contribution in [0.15, 0.2) is 58.5 Å². The molecular formula is C23H26ClN3O2S. The standard InChI is InChI=1S/C23H26ClN3O2S/c1-2-3-14-25-21(28)13-6-7-15-30-23-26-20-12-5-4-11-19(20)22(29)27(23)18-10-8-9-17(24)16-18/h4-5,8-12,16H,2-3,6-7,13-15H2,1H3,(H,25,28). The summed E-state index contributed by atoms with van der Waals surface area (Å²) in [5, 5.41) is 4.71. The van der Waals surface area contributed by atoms with Crippen molar-refractivity contribution in [1.82, 2.24) is 14.9 Å². The molecule has 0 atom stereocenters. The monoisotopic (exact) mass is 443 g/mol. The summed E-state index contributed by atoms with van der Waals surface area (Å²) in [6.07, 6.45) is 4.28. The van der Waals surface area contributed by atoms with Crippen LogP contribution in [0.4, 0.5) is 0 Å². The SMILES string of the molecule is CCCCNC(=O)CCCCSc1nc2ccccc2c(=O)n1-c1cccc(Cl)c1. The molecule has 0 aliphatic heterocycles. The van der Waals surface area contributed by atoms with Crippen LogP contribution in [-0.4, -0.2) is 27.8 Å². The molecule has 2 aromatic carbocycles. The second kappa shape index (κ2) is 11.2. The lowest BCUT2D eigenvalue weighted by atomic mass is 10.2. The van der Waals surface area contributed by atoms with Gasteiger partial charge in [0.15, 0.2) is 5.16 Å². The Balaban J connectivity index is 1.72. The summed E-state index contributed by atoms with van der Waals surface area (Å²) in [6, 6.07) is 14.6. The van der Waals surface area contributed by atoms with Gasteiger partial charge in [0.2, 0.25) is 5.91 Å². The van der Waals surface area contributed by atoms with Gasteiger partial charge in [0, 0.05) is 23.7 Å². The van der Waals surface area contributed by atoms with Gasteiger partial charge < -0.3 is 5.32 Å². The summed E-state index contributed by atoms with van der Waals surface area (Å²) in [5.74, 6) is 0.876. The van der Waals surface area contributed by atoms with E-state index in [2.05, 4.69) is 12.2 Å². The molecule has 0 aliphatic rings. The van der Waals surface area contributed by atoms with Crippen LogP contribution in [-0.2, 0) is 4.79 Å². The lowest BCUT2D eigenvalue weighted by molar-refractivity contribution is -0.121. The van der Waals surface area contributed by atoms with Crippen LogP contribution in [0.25, 0.3) is 16.6 Å². The van der Waals surface area contributed by atoms with Gasteiger partial charge in [0.25, 0.3) is 5.56 Å². The van der Waals surface area contributed by atoms with Crippen molar-refractivity contribution in [3.8, 4) is 5.69 Å². The maximum atomic E-state index is 13.2. The maximum absolute atomic E-state index is 13.2. The molecule has 1 N–H and O–H groups in total. The minimum absolute atomic E-state index is 0.105.